The molecule has 1 aromatic carbocycles. The number of aromatic nitrogens is 5. The van der Waals surface area contributed by atoms with E-state index in [9.17, 15) is 4.79 Å². The maximum Gasteiger partial charge on any atom is 0.280 e. The number of fused-ring (bicyclic) bond motifs is 1. The number of aromatic amines is 1. The van der Waals surface area contributed by atoms with Gasteiger partial charge >= 0.3 is 0 Å². The third-order valence-electron chi connectivity index (χ3n) is 4.00. The lowest BCUT2D eigenvalue weighted by atomic mass is 10.1. The Balaban J connectivity index is 1.89. The van der Waals surface area contributed by atoms with Gasteiger partial charge in [0.25, 0.3) is 5.56 Å². The smallest absolute Gasteiger partial charge is 0.280 e. The van der Waals surface area contributed by atoms with Crippen molar-refractivity contribution in [1.29, 1.82) is 0 Å². The fraction of sp³-hybridized carbons (Fsp3) is 0.0556. The first kappa shape index (κ1) is 15.4. The van der Waals surface area contributed by atoms with E-state index in [4.69, 9.17) is 11.6 Å². The third-order valence-corrected chi connectivity index (χ3v) is 4.25. The fourth-order valence-electron chi connectivity index (χ4n) is 2.68. The first-order valence-corrected chi connectivity index (χ1v) is 8.03. The van der Waals surface area contributed by atoms with Crippen LogP contribution in [0.25, 0.3) is 28.9 Å². The molecule has 4 rings (SSSR count). The summed E-state index contributed by atoms with van der Waals surface area (Å²) in [4.78, 5) is 21.1. The Labute approximate surface area is 148 Å². The molecule has 6 nitrogen and oxygen atoms in total. The van der Waals surface area contributed by atoms with Gasteiger partial charge in [0.05, 0.1) is 22.9 Å². The van der Waals surface area contributed by atoms with Gasteiger partial charge in [-0.25, -0.2) is 9.67 Å². The zero-order valence-electron chi connectivity index (χ0n) is 13.3. The lowest BCUT2D eigenvalue weighted by Crippen LogP contribution is -2.14. The number of hydrogen-bond acceptors (Lipinski definition) is 3. The minimum Gasteiger partial charge on any atom is -0.313 e. The van der Waals surface area contributed by atoms with Gasteiger partial charge in [-0.15, -0.1) is 0 Å². The molecule has 124 valence electrons. The van der Waals surface area contributed by atoms with Crippen LogP contribution < -0.4 is 5.56 Å². The highest BCUT2D eigenvalue weighted by molar-refractivity contribution is 6.30. The second kappa shape index (κ2) is 6.07. The molecule has 3 heterocycles. The van der Waals surface area contributed by atoms with Crippen LogP contribution in [0.2, 0.25) is 5.02 Å². The summed E-state index contributed by atoms with van der Waals surface area (Å²) in [7, 11) is 0. The molecule has 25 heavy (non-hydrogen) atoms. The molecule has 0 amide bonds. The van der Waals surface area contributed by atoms with Crippen LogP contribution in [-0.2, 0) is 0 Å². The van der Waals surface area contributed by atoms with Gasteiger partial charge in [0.15, 0.2) is 0 Å². The monoisotopic (exact) mass is 351 g/mol. The number of rotatable bonds is 3. The van der Waals surface area contributed by atoms with Crippen LogP contribution in [0.3, 0.4) is 0 Å². The van der Waals surface area contributed by atoms with Gasteiger partial charge in [-0.3, -0.25) is 14.9 Å². The van der Waals surface area contributed by atoms with Gasteiger partial charge in [0.1, 0.15) is 0 Å². The molecular weight excluding hydrogens is 338 g/mol. The summed E-state index contributed by atoms with van der Waals surface area (Å²) < 4.78 is 3.32. The molecule has 0 unspecified atom stereocenters. The van der Waals surface area contributed by atoms with Gasteiger partial charge in [-0.2, -0.15) is 0 Å². The number of benzene rings is 1. The first-order valence-electron chi connectivity index (χ1n) is 7.65. The molecular formula is C18H14ClN5O. The number of halogens is 1. The Bertz CT molecular complexity index is 1120. The predicted octanol–water partition coefficient (Wildman–Crippen LogP) is 3.50. The molecule has 3 aromatic heterocycles. The quantitative estimate of drug-likeness (QED) is 0.614. The van der Waals surface area contributed by atoms with Crippen molar-refractivity contribution in [2.75, 3.05) is 0 Å². The largest absolute Gasteiger partial charge is 0.313 e. The van der Waals surface area contributed by atoms with Crippen LogP contribution in [0.4, 0.5) is 0 Å². The third kappa shape index (κ3) is 2.77. The number of hydrogen-bond donors (Lipinski definition) is 1. The normalized spacial score (nSPS) is 11.6. The van der Waals surface area contributed by atoms with Crippen molar-refractivity contribution in [2.45, 2.75) is 6.92 Å². The van der Waals surface area contributed by atoms with E-state index in [1.54, 1.807) is 43.0 Å². The SMILES string of the molecule is Cc1ncc2c(=O)n(-c3ccc(Cl)cc3)[nH]c2c1C=Cn1ccnc1. The summed E-state index contributed by atoms with van der Waals surface area (Å²) in [5.74, 6) is 0. The van der Waals surface area contributed by atoms with Crippen LogP contribution >= 0.6 is 11.6 Å². The average Bonchev–Trinajstić information content (AvgIpc) is 3.23. The molecule has 0 saturated heterocycles. The lowest BCUT2D eigenvalue weighted by molar-refractivity contribution is 0.863. The molecule has 0 atom stereocenters. The molecule has 0 fully saturated rings. The number of pyridine rings is 1. The van der Waals surface area contributed by atoms with Gasteiger partial charge in [-0.1, -0.05) is 11.6 Å². The van der Waals surface area contributed by atoms with Crippen LogP contribution in [0, 0.1) is 6.92 Å². The molecule has 0 aliphatic rings. The van der Waals surface area contributed by atoms with E-state index >= 15 is 0 Å². The number of aryl methyl sites for hydroxylation is 1. The van der Waals surface area contributed by atoms with E-state index in [2.05, 4.69) is 15.1 Å². The maximum absolute atomic E-state index is 12.7. The summed E-state index contributed by atoms with van der Waals surface area (Å²) in [6.45, 7) is 1.91. The molecule has 0 bridgehead atoms. The summed E-state index contributed by atoms with van der Waals surface area (Å²) in [5, 5.41) is 4.34. The second-order valence-electron chi connectivity index (χ2n) is 5.60. The molecule has 1 N–H and O–H groups in total. The van der Waals surface area contributed by atoms with E-state index < -0.39 is 0 Å². The predicted molar refractivity (Wildman–Crippen MR) is 98.9 cm³/mol. The van der Waals surface area contributed by atoms with Crippen molar-refractivity contribution in [1.82, 2.24) is 24.3 Å². The van der Waals surface area contributed by atoms with E-state index in [1.807, 2.05) is 30.0 Å². The van der Waals surface area contributed by atoms with Crippen molar-refractivity contribution in [3.05, 3.63) is 75.8 Å². The van der Waals surface area contributed by atoms with E-state index in [0.29, 0.717) is 16.1 Å². The first-order chi connectivity index (χ1) is 12.1. The summed E-state index contributed by atoms with van der Waals surface area (Å²) in [6, 6.07) is 7.08. The number of H-pyrrole nitrogens is 1. The zero-order valence-corrected chi connectivity index (χ0v) is 14.1. The Kier molecular flexibility index (Phi) is 3.74. The molecule has 0 radical (unpaired) electrons. The summed E-state index contributed by atoms with van der Waals surface area (Å²) in [5.41, 5.74) is 2.99. The van der Waals surface area contributed by atoms with Crippen molar-refractivity contribution >= 4 is 34.8 Å². The van der Waals surface area contributed by atoms with Gasteiger partial charge in [-0.05, 0) is 37.3 Å². The topological polar surface area (TPSA) is 68.5 Å². The van der Waals surface area contributed by atoms with Gasteiger partial charge in [0.2, 0.25) is 0 Å². The second-order valence-corrected chi connectivity index (χ2v) is 6.04. The number of nitrogens with one attached hydrogen (secondary N) is 1. The van der Waals surface area contributed by atoms with Crippen molar-refractivity contribution in [2.24, 2.45) is 0 Å². The number of imidazole rings is 1. The Morgan fingerprint density at radius 1 is 1.24 bits per heavy atom. The average molecular weight is 352 g/mol. The van der Waals surface area contributed by atoms with Crippen LogP contribution in [-0.4, -0.2) is 24.3 Å². The highest BCUT2D eigenvalue weighted by Crippen LogP contribution is 2.20. The number of nitrogens with zero attached hydrogens (tertiary/aromatic N) is 4. The van der Waals surface area contributed by atoms with Crippen LogP contribution in [0.1, 0.15) is 11.3 Å². The van der Waals surface area contributed by atoms with Crippen molar-refractivity contribution in [3.63, 3.8) is 0 Å². The maximum atomic E-state index is 12.7. The Morgan fingerprint density at radius 3 is 2.76 bits per heavy atom. The van der Waals surface area contributed by atoms with Crippen molar-refractivity contribution in [3.8, 4) is 5.69 Å². The molecule has 0 spiro atoms. The molecule has 4 aromatic rings. The van der Waals surface area contributed by atoms with E-state index in [0.717, 1.165) is 16.8 Å². The standard InChI is InChI=1S/C18H14ClN5O/c1-12-15(6-8-23-9-7-20-11-23)17-16(10-21-12)18(25)24(22-17)14-4-2-13(19)3-5-14/h2-11,22H,1H3. The lowest BCUT2D eigenvalue weighted by Gasteiger charge is -2.02. The summed E-state index contributed by atoms with van der Waals surface area (Å²) in [6.07, 6.45) is 10.6. The van der Waals surface area contributed by atoms with Gasteiger partial charge in [0, 0.05) is 41.1 Å². The highest BCUT2D eigenvalue weighted by atomic mass is 35.5. The Hall–Kier alpha value is -3.12. The van der Waals surface area contributed by atoms with Gasteiger partial charge < -0.3 is 4.57 Å². The zero-order chi connectivity index (χ0) is 17.4. The minimum atomic E-state index is -0.151. The molecule has 0 saturated carbocycles. The van der Waals surface area contributed by atoms with E-state index in [1.165, 1.54) is 4.68 Å². The minimum absolute atomic E-state index is 0.151. The summed E-state index contributed by atoms with van der Waals surface area (Å²) >= 11 is 5.93. The van der Waals surface area contributed by atoms with Crippen LogP contribution in [0.5, 0.6) is 0 Å². The van der Waals surface area contributed by atoms with E-state index in [-0.39, 0.29) is 5.56 Å². The van der Waals surface area contributed by atoms with Crippen LogP contribution in [0.15, 0.2) is 54.0 Å². The highest BCUT2D eigenvalue weighted by Gasteiger charge is 2.13. The van der Waals surface area contributed by atoms with Crippen molar-refractivity contribution < 1.29 is 0 Å². The molecule has 7 heteroatoms. The molecule has 0 aliphatic carbocycles. The Morgan fingerprint density at radius 2 is 2.04 bits per heavy atom. The fourth-order valence-corrected chi connectivity index (χ4v) is 2.81. The molecule has 0 aliphatic heterocycles.